The Hall–Kier alpha value is -3.07. The van der Waals surface area contributed by atoms with Crippen LogP contribution in [0.15, 0.2) is 18.2 Å². The van der Waals surface area contributed by atoms with Crippen molar-refractivity contribution in [2.45, 2.75) is 40.7 Å². The van der Waals surface area contributed by atoms with Gasteiger partial charge in [-0.2, -0.15) is 0 Å². The molecule has 0 bridgehead atoms. The smallest absolute Gasteiger partial charge is 0.341 e. The van der Waals surface area contributed by atoms with Crippen LogP contribution in [0.4, 0.5) is 5.00 Å². The molecule has 2 amide bonds. The van der Waals surface area contributed by atoms with E-state index in [4.69, 9.17) is 14.2 Å². The second-order valence-electron chi connectivity index (χ2n) is 7.22. The molecule has 9 heteroatoms. The van der Waals surface area contributed by atoms with Gasteiger partial charge in [0, 0.05) is 18.7 Å². The summed E-state index contributed by atoms with van der Waals surface area (Å²) in [5.41, 5.74) is 0.988. The summed E-state index contributed by atoms with van der Waals surface area (Å²) in [5.74, 6) is -0.339. The van der Waals surface area contributed by atoms with Gasteiger partial charge < -0.3 is 24.4 Å². The zero-order valence-corrected chi connectivity index (χ0v) is 20.3. The number of hydrogen-bond donors (Lipinski definition) is 1. The first-order chi connectivity index (χ1) is 15.2. The highest BCUT2D eigenvalue weighted by Gasteiger charge is 2.29. The molecule has 32 heavy (non-hydrogen) atoms. The number of esters is 1. The van der Waals surface area contributed by atoms with Crippen LogP contribution in [0.2, 0.25) is 0 Å². The second-order valence-corrected chi connectivity index (χ2v) is 8.24. The fraction of sp³-hybridized carbons (Fsp3) is 0.435. The summed E-state index contributed by atoms with van der Waals surface area (Å²) < 4.78 is 15.8. The van der Waals surface area contributed by atoms with Crippen LogP contribution in [0.5, 0.6) is 11.5 Å². The van der Waals surface area contributed by atoms with Crippen LogP contribution >= 0.6 is 11.3 Å². The molecule has 0 aliphatic rings. The Morgan fingerprint density at radius 2 is 1.69 bits per heavy atom. The van der Waals surface area contributed by atoms with Crippen LogP contribution in [0.3, 0.4) is 0 Å². The highest BCUT2D eigenvalue weighted by atomic mass is 32.1. The summed E-state index contributed by atoms with van der Waals surface area (Å²) in [6.07, 6.45) is -0.349. The molecule has 8 nitrogen and oxygen atoms in total. The maximum atomic E-state index is 13.0. The highest BCUT2D eigenvalue weighted by molar-refractivity contribution is 7.18. The van der Waals surface area contributed by atoms with Crippen molar-refractivity contribution in [1.82, 2.24) is 4.90 Å². The van der Waals surface area contributed by atoms with Gasteiger partial charge in [0.15, 0.2) is 11.5 Å². The number of carbonyl (C=O) groups excluding carboxylic acids is 3. The quantitative estimate of drug-likeness (QED) is 0.556. The number of nitrogens with one attached hydrogen (secondary N) is 1. The van der Waals surface area contributed by atoms with Crippen LogP contribution in [-0.2, 0) is 4.74 Å². The molecule has 0 atom stereocenters. The Kier molecular flexibility index (Phi) is 8.65. The number of amides is 2. The van der Waals surface area contributed by atoms with E-state index in [0.717, 1.165) is 11.3 Å². The molecule has 0 aliphatic carbocycles. The number of nitrogens with zero attached hydrogens (tertiary/aromatic N) is 1. The second kappa shape index (κ2) is 11.0. The number of thiophene rings is 1. The molecular weight excluding hydrogens is 432 g/mol. The molecular formula is C23H30N2O6S. The summed E-state index contributed by atoms with van der Waals surface area (Å²) >= 11 is 1.07. The molecule has 1 N–H and O–H groups in total. The molecule has 2 aromatic rings. The largest absolute Gasteiger partial charge is 0.493 e. The van der Waals surface area contributed by atoms with Gasteiger partial charge in [-0.05, 0) is 58.4 Å². The van der Waals surface area contributed by atoms with Crippen LogP contribution in [0.25, 0.3) is 0 Å². The summed E-state index contributed by atoms with van der Waals surface area (Å²) in [5, 5.41) is 3.04. The van der Waals surface area contributed by atoms with Crippen LogP contribution < -0.4 is 14.8 Å². The SMILES string of the molecule is CCN(CC)C(=O)c1sc(NC(=O)c2ccc(OC)c(OC)c2)c(C(=O)OC(C)C)c1C. The third kappa shape index (κ3) is 5.40. The average Bonchev–Trinajstić information content (AvgIpc) is 3.09. The first-order valence-corrected chi connectivity index (χ1v) is 11.2. The molecule has 0 unspecified atom stereocenters. The fourth-order valence-corrected chi connectivity index (χ4v) is 4.29. The minimum absolute atomic E-state index is 0.188. The van der Waals surface area contributed by atoms with Crippen molar-refractivity contribution < 1.29 is 28.6 Å². The number of benzene rings is 1. The van der Waals surface area contributed by atoms with E-state index in [2.05, 4.69) is 5.32 Å². The maximum absolute atomic E-state index is 13.0. The molecule has 174 valence electrons. The van der Waals surface area contributed by atoms with Crippen LogP contribution in [0.1, 0.15) is 63.6 Å². The van der Waals surface area contributed by atoms with E-state index in [0.29, 0.717) is 40.6 Å². The molecule has 0 aliphatic heterocycles. The van der Waals surface area contributed by atoms with Crippen LogP contribution in [-0.4, -0.2) is 56.1 Å². The van der Waals surface area contributed by atoms with Gasteiger partial charge in [-0.1, -0.05) is 0 Å². The van der Waals surface area contributed by atoms with E-state index in [9.17, 15) is 14.4 Å². The molecule has 0 saturated carbocycles. The van der Waals surface area contributed by atoms with E-state index in [1.54, 1.807) is 43.9 Å². The van der Waals surface area contributed by atoms with Crippen molar-refractivity contribution in [1.29, 1.82) is 0 Å². The van der Waals surface area contributed by atoms with E-state index in [1.165, 1.54) is 14.2 Å². The Labute approximate surface area is 192 Å². The summed E-state index contributed by atoms with van der Waals surface area (Å²) in [6, 6.07) is 4.75. The number of anilines is 1. The Morgan fingerprint density at radius 3 is 2.22 bits per heavy atom. The van der Waals surface area contributed by atoms with Gasteiger partial charge >= 0.3 is 5.97 Å². The lowest BCUT2D eigenvalue weighted by Crippen LogP contribution is -2.30. The molecule has 1 aromatic heterocycles. The van der Waals surface area contributed by atoms with Crippen molar-refractivity contribution in [2.75, 3.05) is 32.6 Å². The molecule has 0 radical (unpaired) electrons. The topological polar surface area (TPSA) is 94.2 Å². The maximum Gasteiger partial charge on any atom is 0.341 e. The lowest BCUT2D eigenvalue weighted by atomic mass is 10.1. The number of carbonyl (C=O) groups is 3. The van der Waals surface area contributed by atoms with Crippen molar-refractivity contribution in [3.05, 3.63) is 39.8 Å². The molecule has 0 fully saturated rings. The molecule has 2 rings (SSSR count). The van der Waals surface area contributed by atoms with Crippen molar-refractivity contribution >= 4 is 34.1 Å². The Bertz CT molecular complexity index is 995. The monoisotopic (exact) mass is 462 g/mol. The van der Waals surface area contributed by atoms with Gasteiger partial charge in [0.2, 0.25) is 0 Å². The third-order valence-corrected chi connectivity index (χ3v) is 6.01. The fourth-order valence-electron chi connectivity index (χ4n) is 3.13. The van der Waals surface area contributed by atoms with E-state index in [-0.39, 0.29) is 22.6 Å². The van der Waals surface area contributed by atoms with Gasteiger partial charge in [0.05, 0.1) is 30.8 Å². The predicted molar refractivity (Wildman–Crippen MR) is 124 cm³/mol. The number of rotatable bonds is 9. The van der Waals surface area contributed by atoms with Gasteiger partial charge in [0.25, 0.3) is 11.8 Å². The van der Waals surface area contributed by atoms with Gasteiger partial charge in [-0.15, -0.1) is 11.3 Å². The first-order valence-electron chi connectivity index (χ1n) is 10.3. The normalized spacial score (nSPS) is 10.6. The Morgan fingerprint density at radius 1 is 1.06 bits per heavy atom. The van der Waals surface area contributed by atoms with E-state index in [1.807, 2.05) is 13.8 Å². The number of methoxy groups -OCH3 is 2. The van der Waals surface area contributed by atoms with Gasteiger partial charge in [-0.3, -0.25) is 9.59 Å². The minimum atomic E-state index is -0.588. The summed E-state index contributed by atoms with van der Waals surface area (Å²) in [4.78, 5) is 40.8. The van der Waals surface area contributed by atoms with Crippen LogP contribution in [0, 0.1) is 6.92 Å². The standard InChI is InChI=1S/C23H30N2O6S/c1-8-25(9-2)22(27)19-14(5)18(23(28)31-13(3)4)21(32-19)24-20(26)15-10-11-16(29-6)17(12-15)30-7/h10-13H,8-9H2,1-7H3,(H,24,26). The van der Waals surface area contributed by atoms with Gasteiger partial charge in [-0.25, -0.2) is 4.79 Å². The predicted octanol–water partition coefficient (Wildman–Crippen LogP) is 4.37. The first kappa shape index (κ1) is 25.2. The van der Waals surface area contributed by atoms with Crippen molar-refractivity contribution in [3.8, 4) is 11.5 Å². The highest BCUT2D eigenvalue weighted by Crippen LogP contribution is 2.36. The van der Waals surface area contributed by atoms with Gasteiger partial charge in [0.1, 0.15) is 5.00 Å². The molecule has 0 saturated heterocycles. The van der Waals surface area contributed by atoms with E-state index < -0.39 is 11.9 Å². The molecule has 1 heterocycles. The molecule has 1 aromatic carbocycles. The summed E-state index contributed by atoms with van der Waals surface area (Å²) in [7, 11) is 2.99. The zero-order valence-electron chi connectivity index (χ0n) is 19.5. The lowest BCUT2D eigenvalue weighted by molar-refractivity contribution is 0.0379. The lowest BCUT2D eigenvalue weighted by Gasteiger charge is -2.18. The third-order valence-electron chi connectivity index (χ3n) is 4.81. The Balaban J connectivity index is 2.49. The number of hydrogen-bond acceptors (Lipinski definition) is 7. The minimum Gasteiger partial charge on any atom is -0.493 e. The zero-order chi connectivity index (χ0) is 24.0. The van der Waals surface area contributed by atoms with E-state index >= 15 is 0 Å². The van der Waals surface area contributed by atoms with Crippen molar-refractivity contribution in [3.63, 3.8) is 0 Å². The summed E-state index contributed by atoms with van der Waals surface area (Å²) in [6.45, 7) is 10.0. The average molecular weight is 463 g/mol. The van der Waals surface area contributed by atoms with Crippen molar-refractivity contribution in [2.24, 2.45) is 0 Å². The number of ether oxygens (including phenoxy) is 3. The molecule has 0 spiro atoms.